The van der Waals surface area contributed by atoms with E-state index in [2.05, 4.69) is 42.3 Å². The van der Waals surface area contributed by atoms with Gasteiger partial charge < -0.3 is 10.2 Å². The van der Waals surface area contributed by atoms with Gasteiger partial charge in [-0.3, -0.25) is 4.79 Å². The number of carbonyl (C=O) groups excluding carboxylic acids is 1. The number of fused-ring (bicyclic) bond motifs is 1. The van der Waals surface area contributed by atoms with Crippen molar-refractivity contribution < 1.29 is 4.79 Å². The molecule has 1 aromatic rings. The van der Waals surface area contributed by atoms with Gasteiger partial charge in [0.25, 0.3) is 0 Å². The SMILES string of the molecule is CC(C)CCNC(=O)CN1CCc2ccccc21. The molecule has 1 amide bonds. The average Bonchev–Trinajstić information content (AvgIpc) is 2.72. The molecule has 1 heterocycles. The Morgan fingerprint density at radius 2 is 2.17 bits per heavy atom. The minimum atomic E-state index is 0.132. The van der Waals surface area contributed by atoms with Crippen LogP contribution >= 0.6 is 0 Å². The van der Waals surface area contributed by atoms with Crippen LogP contribution in [-0.4, -0.2) is 25.5 Å². The van der Waals surface area contributed by atoms with E-state index in [4.69, 9.17) is 0 Å². The number of rotatable bonds is 5. The lowest BCUT2D eigenvalue weighted by molar-refractivity contribution is -0.119. The Morgan fingerprint density at radius 3 is 2.94 bits per heavy atom. The van der Waals surface area contributed by atoms with Crippen molar-refractivity contribution >= 4 is 11.6 Å². The van der Waals surface area contributed by atoms with Crippen molar-refractivity contribution in [3.05, 3.63) is 29.8 Å². The van der Waals surface area contributed by atoms with Gasteiger partial charge in [0.05, 0.1) is 6.54 Å². The second-order valence-corrected chi connectivity index (χ2v) is 5.33. The quantitative estimate of drug-likeness (QED) is 0.864. The summed E-state index contributed by atoms with van der Waals surface area (Å²) in [6.07, 6.45) is 2.10. The van der Waals surface area contributed by atoms with Gasteiger partial charge in [0, 0.05) is 18.8 Å². The highest BCUT2D eigenvalue weighted by Gasteiger charge is 2.20. The molecule has 0 spiro atoms. The summed E-state index contributed by atoms with van der Waals surface area (Å²) in [6.45, 7) is 6.56. The van der Waals surface area contributed by atoms with Gasteiger partial charge in [-0.05, 0) is 30.4 Å². The van der Waals surface area contributed by atoms with Crippen LogP contribution in [0.15, 0.2) is 24.3 Å². The minimum Gasteiger partial charge on any atom is -0.362 e. The Kier molecular flexibility index (Phi) is 4.24. The average molecular weight is 246 g/mol. The van der Waals surface area contributed by atoms with Gasteiger partial charge in [0.1, 0.15) is 0 Å². The predicted molar refractivity (Wildman–Crippen MR) is 74.8 cm³/mol. The third-order valence-electron chi connectivity index (χ3n) is 3.36. The number of para-hydroxylation sites is 1. The molecule has 0 bridgehead atoms. The molecule has 0 radical (unpaired) electrons. The summed E-state index contributed by atoms with van der Waals surface area (Å²) in [4.78, 5) is 14.0. The zero-order valence-electron chi connectivity index (χ0n) is 11.3. The highest BCUT2D eigenvalue weighted by molar-refractivity contribution is 5.82. The fourth-order valence-electron chi connectivity index (χ4n) is 2.30. The lowest BCUT2D eigenvalue weighted by atomic mass is 10.1. The van der Waals surface area contributed by atoms with Crippen molar-refractivity contribution in [2.24, 2.45) is 5.92 Å². The first-order valence-corrected chi connectivity index (χ1v) is 6.76. The Hall–Kier alpha value is -1.51. The summed E-state index contributed by atoms with van der Waals surface area (Å²) in [7, 11) is 0. The van der Waals surface area contributed by atoms with Crippen LogP contribution in [0.3, 0.4) is 0 Å². The van der Waals surface area contributed by atoms with E-state index in [0.717, 1.165) is 25.9 Å². The first-order valence-electron chi connectivity index (χ1n) is 6.76. The number of benzene rings is 1. The first-order chi connectivity index (χ1) is 8.66. The standard InChI is InChI=1S/C15H22N2O/c1-12(2)7-9-16-15(18)11-17-10-8-13-5-3-4-6-14(13)17/h3-6,12H,7-11H2,1-2H3,(H,16,18). The number of anilines is 1. The summed E-state index contributed by atoms with van der Waals surface area (Å²) < 4.78 is 0. The molecule has 0 saturated heterocycles. The van der Waals surface area contributed by atoms with Crippen LogP contribution in [0.4, 0.5) is 5.69 Å². The molecule has 0 aliphatic carbocycles. The van der Waals surface area contributed by atoms with Gasteiger partial charge in [0.15, 0.2) is 0 Å². The molecule has 1 aliphatic rings. The van der Waals surface area contributed by atoms with Crippen molar-refractivity contribution in [3.63, 3.8) is 0 Å². The zero-order chi connectivity index (χ0) is 13.0. The molecule has 3 heteroatoms. The maximum atomic E-state index is 11.8. The summed E-state index contributed by atoms with van der Waals surface area (Å²) in [5.41, 5.74) is 2.57. The van der Waals surface area contributed by atoms with Crippen LogP contribution in [0.5, 0.6) is 0 Å². The fourth-order valence-corrected chi connectivity index (χ4v) is 2.30. The van der Waals surface area contributed by atoms with Crippen molar-refractivity contribution in [2.75, 3.05) is 24.5 Å². The summed E-state index contributed by atoms with van der Waals surface area (Å²) in [5.74, 6) is 0.769. The van der Waals surface area contributed by atoms with Crippen LogP contribution in [0.25, 0.3) is 0 Å². The predicted octanol–water partition coefficient (Wildman–Crippen LogP) is 2.21. The maximum Gasteiger partial charge on any atom is 0.239 e. The van der Waals surface area contributed by atoms with Gasteiger partial charge >= 0.3 is 0 Å². The highest BCUT2D eigenvalue weighted by atomic mass is 16.2. The molecule has 1 aliphatic heterocycles. The molecule has 18 heavy (non-hydrogen) atoms. The largest absolute Gasteiger partial charge is 0.362 e. The van der Waals surface area contributed by atoms with Gasteiger partial charge in [-0.2, -0.15) is 0 Å². The lowest BCUT2D eigenvalue weighted by Crippen LogP contribution is -2.37. The number of carbonyl (C=O) groups is 1. The van der Waals surface area contributed by atoms with Crippen LogP contribution < -0.4 is 10.2 Å². The second kappa shape index (κ2) is 5.89. The third-order valence-corrected chi connectivity index (χ3v) is 3.36. The normalized spacial score (nSPS) is 13.8. The zero-order valence-corrected chi connectivity index (χ0v) is 11.3. The highest BCUT2D eigenvalue weighted by Crippen LogP contribution is 2.26. The van der Waals surface area contributed by atoms with E-state index in [1.165, 1.54) is 11.3 Å². The van der Waals surface area contributed by atoms with Crippen LogP contribution in [0.1, 0.15) is 25.8 Å². The van der Waals surface area contributed by atoms with Crippen LogP contribution in [0, 0.1) is 5.92 Å². The van der Waals surface area contributed by atoms with Crippen molar-refractivity contribution in [1.29, 1.82) is 0 Å². The van der Waals surface area contributed by atoms with E-state index >= 15 is 0 Å². The van der Waals surface area contributed by atoms with E-state index in [-0.39, 0.29) is 5.91 Å². The van der Waals surface area contributed by atoms with E-state index in [1.54, 1.807) is 0 Å². The van der Waals surface area contributed by atoms with Crippen LogP contribution in [0.2, 0.25) is 0 Å². The monoisotopic (exact) mass is 246 g/mol. The Morgan fingerprint density at radius 1 is 1.39 bits per heavy atom. The molecule has 0 aromatic heterocycles. The summed E-state index contributed by atoms with van der Waals surface area (Å²) in [5, 5.41) is 2.99. The molecule has 1 aromatic carbocycles. The topological polar surface area (TPSA) is 32.3 Å². The van der Waals surface area contributed by atoms with E-state index < -0.39 is 0 Å². The van der Waals surface area contributed by atoms with Gasteiger partial charge in [-0.1, -0.05) is 32.0 Å². The molecule has 0 unspecified atom stereocenters. The fraction of sp³-hybridized carbons (Fsp3) is 0.533. The molecular formula is C15H22N2O. The van der Waals surface area contributed by atoms with Crippen molar-refractivity contribution in [2.45, 2.75) is 26.7 Å². The van der Waals surface area contributed by atoms with Crippen LogP contribution in [-0.2, 0) is 11.2 Å². The number of nitrogens with zero attached hydrogens (tertiary/aromatic N) is 1. The molecular weight excluding hydrogens is 224 g/mol. The van der Waals surface area contributed by atoms with Crippen molar-refractivity contribution in [3.8, 4) is 0 Å². The van der Waals surface area contributed by atoms with E-state index in [1.807, 2.05) is 6.07 Å². The van der Waals surface area contributed by atoms with E-state index in [0.29, 0.717) is 12.5 Å². The summed E-state index contributed by atoms with van der Waals surface area (Å²) >= 11 is 0. The number of hydrogen-bond donors (Lipinski definition) is 1. The maximum absolute atomic E-state index is 11.8. The number of nitrogens with one attached hydrogen (secondary N) is 1. The molecule has 98 valence electrons. The molecule has 2 rings (SSSR count). The Balaban J connectivity index is 1.82. The molecule has 3 nitrogen and oxygen atoms in total. The van der Waals surface area contributed by atoms with Gasteiger partial charge in [-0.25, -0.2) is 0 Å². The second-order valence-electron chi connectivity index (χ2n) is 5.33. The molecule has 0 atom stereocenters. The molecule has 0 fully saturated rings. The Labute approximate surface area is 109 Å². The minimum absolute atomic E-state index is 0.132. The molecule has 1 N–H and O–H groups in total. The van der Waals surface area contributed by atoms with Crippen molar-refractivity contribution in [1.82, 2.24) is 5.32 Å². The number of hydrogen-bond acceptors (Lipinski definition) is 2. The Bertz CT molecular complexity index is 415. The molecule has 0 saturated carbocycles. The van der Waals surface area contributed by atoms with Gasteiger partial charge in [0.2, 0.25) is 5.91 Å². The lowest BCUT2D eigenvalue weighted by Gasteiger charge is -2.18. The summed E-state index contributed by atoms with van der Waals surface area (Å²) in [6, 6.07) is 8.34. The van der Waals surface area contributed by atoms with Gasteiger partial charge in [-0.15, -0.1) is 0 Å². The van der Waals surface area contributed by atoms with E-state index in [9.17, 15) is 4.79 Å². The smallest absolute Gasteiger partial charge is 0.239 e. The third kappa shape index (κ3) is 3.25. The number of amides is 1. The first kappa shape index (κ1) is 12.9.